The van der Waals surface area contributed by atoms with Crippen LogP contribution in [0.15, 0.2) is 194 Å². The highest BCUT2D eigenvalue weighted by atomic mass is 15.3. The van der Waals surface area contributed by atoms with Gasteiger partial charge in [0.15, 0.2) is 0 Å². The fourth-order valence-electron chi connectivity index (χ4n) is 14.3. The SMILES string of the molecule is CC(C)(C)c1ccc2c(c1)B1c3cc(C(C)(C)C)ccc3N(c3ccc(C(C)(C)C)cc3-c3ccccc3)c3cc(N4c5ccccc5C5(C)CCc6ccccc6C45C)cc(c31)N2c1ccc(C(C)(C)C)cc1-c1ccccc1. The number of hydrogen-bond acceptors (Lipinski definition) is 3. The first-order chi connectivity index (χ1) is 38.0. The summed E-state index contributed by atoms with van der Waals surface area (Å²) in [4.78, 5) is 8.15. The first-order valence-electron chi connectivity index (χ1n) is 29.4. The average molecular weight is 1040 g/mol. The molecule has 2 unspecified atom stereocenters. The molecule has 1 aliphatic carbocycles. The van der Waals surface area contributed by atoms with E-state index in [0.29, 0.717) is 0 Å². The van der Waals surface area contributed by atoms with E-state index in [4.69, 9.17) is 0 Å². The molecular weight excluding hydrogens is 966 g/mol. The van der Waals surface area contributed by atoms with Crippen molar-refractivity contribution in [2.75, 3.05) is 14.7 Å². The molecule has 400 valence electrons. The van der Waals surface area contributed by atoms with Crippen molar-refractivity contribution < 1.29 is 0 Å². The van der Waals surface area contributed by atoms with Crippen molar-refractivity contribution in [1.29, 1.82) is 0 Å². The van der Waals surface area contributed by atoms with Crippen molar-refractivity contribution in [2.24, 2.45) is 0 Å². The highest BCUT2D eigenvalue weighted by Crippen LogP contribution is 2.64. The molecule has 9 aromatic rings. The highest BCUT2D eigenvalue weighted by molar-refractivity contribution is 7.00. The Bertz CT molecular complexity index is 3740. The number of hydrogen-bond donors (Lipinski definition) is 0. The van der Waals surface area contributed by atoms with Gasteiger partial charge in [-0.25, -0.2) is 0 Å². The summed E-state index contributed by atoms with van der Waals surface area (Å²) in [7, 11) is 0. The number of rotatable bonds is 5. The van der Waals surface area contributed by atoms with Crippen LogP contribution in [0.5, 0.6) is 0 Å². The third kappa shape index (κ3) is 7.89. The Morgan fingerprint density at radius 2 is 0.775 bits per heavy atom. The Hall–Kier alpha value is -7.56. The van der Waals surface area contributed by atoms with Gasteiger partial charge in [0.2, 0.25) is 0 Å². The van der Waals surface area contributed by atoms with E-state index in [1.807, 2.05) is 0 Å². The summed E-state index contributed by atoms with van der Waals surface area (Å²) < 4.78 is 0. The lowest BCUT2D eigenvalue weighted by Gasteiger charge is -2.52. The topological polar surface area (TPSA) is 9.72 Å². The number of fused-ring (bicyclic) bond motifs is 9. The third-order valence-corrected chi connectivity index (χ3v) is 19.1. The Labute approximate surface area is 478 Å². The fourth-order valence-corrected chi connectivity index (χ4v) is 14.3. The number of aryl methyl sites for hydroxylation is 1. The number of para-hydroxylation sites is 1. The van der Waals surface area contributed by atoms with Crippen LogP contribution in [0.1, 0.15) is 142 Å². The number of anilines is 8. The van der Waals surface area contributed by atoms with Gasteiger partial charge in [-0.3, -0.25) is 0 Å². The van der Waals surface area contributed by atoms with Gasteiger partial charge in [0.1, 0.15) is 0 Å². The Morgan fingerprint density at radius 3 is 1.24 bits per heavy atom. The molecule has 0 spiro atoms. The maximum Gasteiger partial charge on any atom is 0.252 e. The average Bonchev–Trinajstić information content (AvgIpc) is 3.89. The Kier molecular flexibility index (Phi) is 11.7. The van der Waals surface area contributed by atoms with Crippen LogP contribution < -0.4 is 31.1 Å². The van der Waals surface area contributed by atoms with Crippen molar-refractivity contribution in [3.05, 3.63) is 233 Å². The van der Waals surface area contributed by atoms with E-state index >= 15 is 0 Å². The van der Waals surface area contributed by atoms with Gasteiger partial charge in [0, 0.05) is 50.7 Å². The molecule has 3 aliphatic heterocycles. The summed E-state index contributed by atoms with van der Waals surface area (Å²) in [6.45, 7) is 33.3. The molecule has 3 heterocycles. The van der Waals surface area contributed by atoms with Gasteiger partial charge in [-0.15, -0.1) is 0 Å². The Balaban J connectivity index is 1.22. The van der Waals surface area contributed by atoms with Crippen LogP contribution >= 0.6 is 0 Å². The summed E-state index contributed by atoms with van der Waals surface area (Å²) in [5.41, 5.74) is 27.2. The molecule has 0 radical (unpaired) electrons. The van der Waals surface area contributed by atoms with Gasteiger partial charge in [-0.2, -0.15) is 0 Å². The molecule has 9 aromatic carbocycles. The van der Waals surface area contributed by atoms with Gasteiger partial charge < -0.3 is 14.7 Å². The van der Waals surface area contributed by atoms with Crippen molar-refractivity contribution in [3.63, 3.8) is 0 Å². The monoisotopic (exact) mass is 1040 g/mol. The van der Waals surface area contributed by atoms with Gasteiger partial charge in [-0.1, -0.05) is 230 Å². The fraction of sp³-hybridized carbons (Fsp3) is 0.289. The summed E-state index contributed by atoms with van der Waals surface area (Å²) in [6.07, 6.45) is 2.10. The normalized spacial score (nSPS) is 18.3. The van der Waals surface area contributed by atoms with E-state index in [1.165, 1.54) is 123 Å². The van der Waals surface area contributed by atoms with Gasteiger partial charge in [0.05, 0.1) is 16.9 Å². The van der Waals surface area contributed by atoms with Crippen LogP contribution in [0.4, 0.5) is 45.5 Å². The maximum atomic E-state index is 2.78. The van der Waals surface area contributed by atoms with Crippen LogP contribution in [-0.4, -0.2) is 6.71 Å². The first kappa shape index (κ1) is 51.9. The summed E-state index contributed by atoms with van der Waals surface area (Å²) >= 11 is 0. The molecule has 0 amide bonds. The van der Waals surface area contributed by atoms with Gasteiger partial charge in [-0.05, 0) is 162 Å². The number of benzene rings is 9. The van der Waals surface area contributed by atoms with Crippen LogP contribution in [0, 0.1) is 0 Å². The Morgan fingerprint density at radius 1 is 0.375 bits per heavy atom. The van der Waals surface area contributed by atoms with Crippen LogP contribution in [0.25, 0.3) is 22.3 Å². The minimum absolute atomic E-state index is 0.0663. The number of nitrogens with zero attached hydrogens (tertiary/aromatic N) is 3. The van der Waals surface area contributed by atoms with E-state index in [-0.39, 0.29) is 33.8 Å². The van der Waals surface area contributed by atoms with Crippen molar-refractivity contribution >= 4 is 68.6 Å². The molecule has 0 saturated carbocycles. The van der Waals surface area contributed by atoms with Crippen LogP contribution in [-0.2, 0) is 39.0 Å². The third-order valence-electron chi connectivity index (χ3n) is 19.1. The van der Waals surface area contributed by atoms with E-state index < -0.39 is 5.54 Å². The zero-order chi connectivity index (χ0) is 56.1. The molecule has 3 nitrogen and oxygen atoms in total. The molecule has 4 aliphatic rings. The van der Waals surface area contributed by atoms with Crippen molar-refractivity contribution in [1.82, 2.24) is 0 Å². The smallest absolute Gasteiger partial charge is 0.252 e. The molecule has 0 saturated heterocycles. The molecule has 0 fully saturated rings. The second-order valence-electron chi connectivity index (χ2n) is 28.2. The van der Waals surface area contributed by atoms with Crippen LogP contribution in [0.3, 0.4) is 0 Å². The van der Waals surface area contributed by atoms with Gasteiger partial charge >= 0.3 is 0 Å². The molecule has 0 N–H and O–H groups in total. The highest BCUT2D eigenvalue weighted by Gasteiger charge is 2.60. The molecule has 4 heteroatoms. The van der Waals surface area contributed by atoms with E-state index in [0.717, 1.165) is 12.8 Å². The predicted molar refractivity (Wildman–Crippen MR) is 344 cm³/mol. The van der Waals surface area contributed by atoms with Gasteiger partial charge in [0.25, 0.3) is 6.71 Å². The summed E-state index contributed by atoms with van der Waals surface area (Å²) in [5, 5.41) is 0. The van der Waals surface area contributed by atoms with Crippen molar-refractivity contribution in [3.8, 4) is 22.3 Å². The first-order valence-corrected chi connectivity index (χ1v) is 29.4. The molecule has 80 heavy (non-hydrogen) atoms. The van der Waals surface area contributed by atoms with E-state index in [9.17, 15) is 0 Å². The summed E-state index contributed by atoms with van der Waals surface area (Å²) in [6, 6.07) is 75.8. The summed E-state index contributed by atoms with van der Waals surface area (Å²) in [5.74, 6) is 0. The predicted octanol–water partition coefficient (Wildman–Crippen LogP) is 18.6. The quantitative estimate of drug-likeness (QED) is 0.159. The second-order valence-corrected chi connectivity index (χ2v) is 28.2. The maximum absolute atomic E-state index is 2.78. The van der Waals surface area contributed by atoms with Crippen molar-refractivity contribution in [2.45, 2.75) is 142 Å². The lowest BCUT2D eigenvalue weighted by atomic mass is 9.33. The molecular formula is C76H78BN3. The van der Waals surface area contributed by atoms with E-state index in [2.05, 4.69) is 306 Å². The standard InChI is InChI=1S/C76H78BN3/c1-71(2,3)52-33-37-63(57(43-52)49-25-17-15-18-26-49)78-66-39-35-54(73(7,8)9)45-61(66)77-62-46-55(74(10,11)12)36-40-67(62)79(64-38-34-53(72(4,5)6)44-58(64)50-27-19-16-20-28-50)69-48-56(47-68(78)70(69)77)80-65-32-24-23-31-60(65)75(13)42-41-51-29-21-22-30-59(51)76(75,80)14/h15-40,43-48H,41-42H2,1-14H3. The lowest BCUT2D eigenvalue weighted by molar-refractivity contribution is 0.245. The molecule has 0 bridgehead atoms. The lowest BCUT2D eigenvalue weighted by Crippen LogP contribution is -2.62. The minimum Gasteiger partial charge on any atom is -0.330 e. The zero-order valence-corrected chi connectivity index (χ0v) is 49.8. The molecule has 0 aromatic heterocycles. The minimum atomic E-state index is -0.420. The molecule has 2 atom stereocenters. The molecule has 13 rings (SSSR count). The van der Waals surface area contributed by atoms with E-state index in [1.54, 1.807) is 0 Å². The largest absolute Gasteiger partial charge is 0.330 e. The zero-order valence-electron chi connectivity index (χ0n) is 49.8. The van der Waals surface area contributed by atoms with Crippen LogP contribution in [0.2, 0.25) is 0 Å². The second kappa shape index (κ2) is 18.0.